The predicted molar refractivity (Wildman–Crippen MR) is 152 cm³/mol. The number of pyridine rings is 1. The lowest BCUT2D eigenvalue weighted by Crippen LogP contribution is -2.29. The molecule has 1 fully saturated rings. The summed E-state index contributed by atoms with van der Waals surface area (Å²) in [6, 6.07) is 18.7. The number of halogens is 2. The molecule has 1 amide bonds. The molecule has 0 radical (unpaired) electrons. The molecule has 0 spiro atoms. The third-order valence-electron chi connectivity index (χ3n) is 6.27. The molecule has 5 rings (SSSR count). The Labute approximate surface area is 233 Å². The molecule has 10 heteroatoms. The lowest BCUT2D eigenvalue weighted by Gasteiger charge is -2.27. The van der Waals surface area contributed by atoms with Crippen LogP contribution in [0, 0.1) is 5.82 Å². The number of thiocarbonyl (C=S) groups is 1. The van der Waals surface area contributed by atoms with Crippen LogP contribution in [0.5, 0.6) is 5.75 Å². The Hall–Kier alpha value is -3.76. The molecular weight excluding hydrogens is 571 g/mol. The number of benzene rings is 2. The quantitative estimate of drug-likeness (QED) is 0.228. The first-order valence-corrected chi connectivity index (χ1v) is 13.1. The van der Waals surface area contributed by atoms with Crippen LogP contribution in [0.25, 0.3) is 11.3 Å². The van der Waals surface area contributed by atoms with Gasteiger partial charge in [0.25, 0.3) is 0 Å². The highest BCUT2D eigenvalue weighted by Crippen LogP contribution is 2.44. The average molecular weight is 595 g/mol. The highest BCUT2D eigenvalue weighted by atomic mass is 79.9. The van der Waals surface area contributed by atoms with Gasteiger partial charge in [0.1, 0.15) is 29.1 Å². The number of nitrogens with zero attached hydrogens (tertiary/aromatic N) is 2. The fourth-order valence-electron chi connectivity index (χ4n) is 4.44. The van der Waals surface area contributed by atoms with Crippen molar-refractivity contribution in [3.8, 4) is 17.1 Å². The molecule has 2 atom stereocenters. The second kappa shape index (κ2) is 10.9. The summed E-state index contributed by atoms with van der Waals surface area (Å²) in [5.41, 5.74) is 2.84. The molecular formula is C28H24BrFN4O3S. The van der Waals surface area contributed by atoms with Gasteiger partial charge >= 0.3 is 0 Å². The third kappa shape index (κ3) is 5.01. The van der Waals surface area contributed by atoms with Crippen molar-refractivity contribution in [2.24, 2.45) is 0 Å². The zero-order chi connectivity index (χ0) is 26.8. The van der Waals surface area contributed by atoms with Crippen molar-refractivity contribution in [2.45, 2.75) is 25.4 Å². The van der Waals surface area contributed by atoms with Gasteiger partial charge in [-0.3, -0.25) is 9.78 Å². The maximum Gasteiger partial charge on any atom is 0.224 e. The minimum absolute atomic E-state index is 0.113. The van der Waals surface area contributed by atoms with Crippen LogP contribution in [-0.2, 0) is 4.79 Å². The van der Waals surface area contributed by atoms with E-state index in [1.807, 2.05) is 47.4 Å². The van der Waals surface area contributed by atoms with Crippen LogP contribution < -0.4 is 20.3 Å². The van der Waals surface area contributed by atoms with E-state index in [1.165, 1.54) is 12.1 Å². The molecule has 7 nitrogen and oxygen atoms in total. The summed E-state index contributed by atoms with van der Waals surface area (Å²) in [4.78, 5) is 18.5. The van der Waals surface area contributed by atoms with Crippen molar-refractivity contribution in [2.75, 3.05) is 17.3 Å². The lowest BCUT2D eigenvalue weighted by atomic mass is 10.0. The van der Waals surface area contributed by atoms with Gasteiger partial charge < -0.3 is 24.7 Å². The highest BCUT2D eigenvalue weighted by Gasteiger charge is 2.43. The van der Waals surface area contributed by atoms with E-state index in [1.54, 1.807) is 32.4 Å². The Morgan fingerprint density at radius 1 is 1.21 bits per heavy atom. The van der Waals surface area contributed by atoms with Gasteiger partial charge in [0.15, 0.2) is 5.11 Å². The van der Waals surface area contributed by atoms with Crippen molar-refractivity contribution < 1.29 is 18.3 Å². The zero-order valence-corrected chi connectivity index (χ0v) is 23.0. The summed E-state index contributed by atoms with van der Waals surface area (Å²) >= 11 is 9.23. The first kappa shape index (κ1) is 25.9. The van der Waals surface area contributed by atoms with Crippen LogP contribution in [0.3, 0.4) is 0 Å². The molecule has 4 aromatic rings. The van der Waals surface area contributed by atoms with E-state index < -0.39 is 6.04 Å². The van der Waals surface area contributed by atoms with Crippen LogP contribution in [0.15, 0.2) is 81.8 Å². The summed E-state index contributed by atoms with van der Waals surface area (Å²) in [6.07, 6.45) is 2.08. The van der Waals surface area contributed by atoms with Crippen molar-refractivity contribution >= 4 is 50.5 Å². The minimum Gasteiger partial charge on any atom is -0.494 e. The van der Waals surface area contributed by atoms with E-state index >= 15 is 0 Å². The summed E-state index contributed by atoms with van der Waals surface area (Å²) < 4.78 is 26.2. The van der Waals surface area contributed by atoms with E-state index in [0.717, 1.165) is 16.9 Å². The number of aromatic nitrogens is 1. The molecule has 1 aliphatic heterocycles. The van der Waals surface area contributed by atoms with E-state index in [-0.39, 0.29) is 17.8 Å². The fraction of sp³-hybridized carbons (Fsp3) is 0.179. The first-order valence-electron chi connectivity index (χ1n) is 11.9. The number of rotatable bonds is 7. The van der Waals surface area contributed by atoms with Crippen molar-refractivity contribution in [3.63, 3.8) is 0 Å². The molecule has 0 aliphatic carbocycles. The minimum atomic E-state index is -0.397. The topological polar surface area (TPSA) is 79.6 Å². The Morgan fingerprint density at radius 2 is 2.05 bits per heavy atom. The normalized spacial score (nSPS) is 16.8. The van der Waals surface area contributed by atoms with Gasteiger partial charge in [0.05, 0.1) is 24.5 Å². The average Bonchev–Trinajstić information content (AvgIpc) is 3.54. The van der Waals surface area contributed by atoms with Gasteiger partial charge in [-0.15, -0.1) is 0 Å². The summed E-state index contributed by atoms with van der Waals surface area (Å²) in [6.45, 7) is 1.79. The van der Waals surface area contributed by atoms with E-state index in [4.69, 9.17) is 21.4 Å². The molecule has 1 saturated heterocycles. The van der Waals surface area contributed by atoms with Crippen LogP contribution in [-0.4, -0.2) is 23.1 Å². The SMILES string of the molecule is CCC(=O)Nc1ccc(N2C(=S)NC(c3ccccn3)C2c2ccc(-c3ccc(F)cc3Br)o2)cc1OC. The van der Waals surface area contributed by atoms with Crippen LogP contribution in [0.4, 0.5) is 15.8 Å². The Bertz CT molecular complexity index is 1500. The molecule has 194 valence electrons. The van der Waals surface area contributed by atoms with Crippen molar-refractivity contribution in [1.29, 1.82) is 0 Å². The van der Waals surface area contributed by atoms with Crippen LogP contribution in [0.2, 0.25) is 0 Å². The van der Waals surface area contributed by atoms with Gasteiger partial charge in [-0.2, -0.15) is 0 Å². The molecule has 0 bridgehead atoms. The lowest BCUT2D eigenvalue weighted by molar-refractivity contribution is -0.115. The van der Waals surface area contributed by atoms with E-state index in [0.29, 0.717) is 39.0 Å². The second-order valence-corrected chi connectivity index (χ2v) is 9.85. The van der Waals surface area contributed by atoms with Crippen LogP contribution in [0.1, 0.15) is 36.9 Å². The molecule has 2 N–H and O–H groups in total. The number of methoxy groups -OCH3 is 1. The standard InChI is InChI=1S/C28H24BrFN4O3S/c1-3-25(35)32-20-10-8-17(15-24(20)36-2)34-27(26(33-28(34)38)21-6-4-5-13-31-21)23-12-11-22(37-23)18-9-7-16(30)14-19(18)29/h4-15,26-27H,3H2,1-2H3,(H,32,35)(H,33,38). The molecule has 3 heterocycles. The summed E-state index contributed by atoms with van der Waals surface area (Å²) in [5, 5.41) is 6.74. The summed E-state index contributed by atoms with van der Waals surface area (Å²) in [5.74, 6) is 1.27. The number of hydrogen-bond acceptors (Lipinski definition) is 5. The van der Waals surface area contributed by atoms with E-state index in [9.17, 15) is 9.18 Å². The van der Waals surface area contributed by atoms with Gasteiger partial charge in [-0.05, 0) is 82.7 Å². The van der Waals surface area contributed by atoms with Crippen molar-refractivity contribution in [3.05, 3.63) is 94.7 Å². The molecule has 2 aromatic carbocycles. The number of ether oxygens (including phenoxy) is 1. The Morgan fingerprint density at radius 3 is 2.76 bits per heavy atom. The zero-order valence-electron chi connectivity index (χ0n) is 20.6. The second-order valence-electron chi connectivity index (χ2n) is 8.61. The maximum absolute atomic E-state index is 13.7. The monoisotopic (exact) mass is 594 g/mol. The number of furan rings is 1. The first-order chi connectivity index (χ1) is 18.4. The third-order valence-corrected chi connectivity index (χ3v) is 7.24. The van der Waals surface area contributed by atoms with Gasteiger partial charge in [-0.1, -0.05) is 13.0 Å². The van der Waals surface area contributed by atoms with Gasteiger partial charge in [0.2, 0.25) is 5.91 Å². The summed E-state index contributed by atoms with van der Waals surface area (Å²) in [7, 11) is 1.55. The number of hydrogen-bond donors (Lipinski definition) is 2. The van der Waals surface area contributed by atoms with Crippen LogP contribution >= 0.6 is 28.1 Å². The number of anilines is 2. The Balaban J connectivity index is 1.58. The van der Waals surface area contributed by atoms with Crippen molar-refractivity contribution in [1.82, 2.24) is 10.3 Å². The van der Waals surface area contributed by atoms with Gasteiger partial charge in [-0.25, -0.2) is 4.39 Å². The maximum atomic E-state index is 13.7. The molecule has 2 unspecified atom stereocenters. The number of carbonyl (C=O) groups excluding carboxylic acids is 1. The number of amides is 1. The smallest absolute Gasteiger partial charge is 0.224 e. The molecule has 0 saturated carbocycles. The number of nitrogens with one attached hydrogen (secondary N) is 2. The number of carbonyl (C=O) groups is 1. The fourth-order valence-corrected chi connectivity index (χ4v) is 5.33. The largest absolute Gasteiger partial charge is 0.494 e. The molecule has 1 aliphatic rings. The highest BCUT2D eigenvalue weighted by molar-refractivity contribution is 9.10. The molecule has 2 aromatic heterocycles. The Kier molecular flexibility index (Phi) is 7.44. The predicted octanol–water partition coefficient (Wildman–Crippen LogP) is 6.78. The molecule has 38 heavy (non-hydrogen) atoms. The van der Waals surface area contributed by atoms with Gasteiger partial charge in [0, 0.05) is 34.4 Å². The van der Waals surface area contributed by atoms with E-state index in [2.05, 4.69) is 31.5 Å².